The van der Waals surface area contributed by atoms with Gasteiger partial charge in [0.05, 0.1) is 17.3 Å². The first-order valence-corrected chi connectivity index (χ1v) is 11.3. The standard InChI is InChI=1S/C29H23N3O2/c30-17-24-23(14-15-26-25(24)18-31-32-26)29(22-12-9-19(10-13-22)11-16-27(33)34)28(21-7-4-8-21)20-5-2-1-3-6-20/h1-3,5-6,9-16,18,21H,4,7-8H2,(H,31,32)(H,33,34)/b16-11+,29-28-. The van der Waals surface area contributed by atoms with Gasteiger partial charge in [-0.1, -0.05) is 67.1 Å². The number of hydrogen-bond acceptors (Lipinski definition) is 3. The van der Waals surface area contributed by atoms with Gasteiger partial charge in [-0.15, -0.1) is 0 Å². The highest BCUT2D eigenvalue weighted by Gasteiger charge is 2.28. The molecule has 0 unspecified atom stereocenters. The zero-order valence-electron chi connectivity index (χ0n) is 18.5. The Morgan fingerprint density at radius 2 is 1.79 bits per heavy atom. The molecule has 3 aromatic carbocycles. The number of benzene rings is 3. The maximum atomic E-state index is 10.9. The van der Waals surface area contributed by atoms with E-state index in [9.17, 15) is 10.1 Å². The molecule has 5 rings (SSSR count). The van der Waals surface area contributed by atoms with E-state index in [0.29, 0.717) is 11.5 Å². The first-order chi connectivity index (χ1) is 16.7. The molecule has 0 aliphatic heterocycles. The summed E-state index contributed by atoms with van der Waals surface area (Å²) in [4.78, 5) is 10.9. The van der Waals surface area contributed by atoms with Crippen LogP contribution in [0.4, 0.5) is 0 Å². The Morgan fingerprint density at radius 1 is 1.03 bits per heavy atom. The number of nitrogens with one attached hydrogen (secondary N) is 1. The minimum Gasteiger partial charge on any atom is -0.478 e. The number of carboxylic acid groups (broad SMARTS) is 1. The molecule has 5 heteroatoms. The van der Waals surface area contributed by atoms with Gasteiger partial charge < -0.3 is 5.11 Å². The highest BCUT2D eigenvalue weighted by Crippen LogP contribution is 2.46. The number of nitriles is 1. The Kier molecular flexibility index (Phi) is 5.80. The van der Waals surface area contributed by atoms with Gasteiger partial charge in [0.15, 0.2) is 0 Å². The number of nitrogens with zero attached hydrogens (tertiary/aromatic N) is 2. The van der Waals surface area contributed by atoms with Gasteiger partial charge in [0.2, 0.25) is 0 Å². The lowest BCUT2D eigenvalue weighted by atomic mass is 9.72. The smallest absolute Gasteiger partial charge is 0.328 e. The number of allylic oxidation sites excluding steroid dienone is 1. The quantitative estimate of drug-likeness (QED) is 0.269. The molecule has 0 spiro atoms. The van der Waals surface area contributed by atoms with Crippen molar-refractivity contribution in [1.82, 2.24) is 10.2 Å². The van der Waals surface area contributed by atoms with Crippen LogP contribution in [0.5, 0.6) is 0 Å². The van der Waals surface area contributed by atoms with Crippen molar-refractivity contribution in [2.75, 3.05) is 0 Å². The minimum atomic E-state index is -0.979. The molecule has 0 saturated heterocycles. The molecular formula is C29H23N3O2. The van der Waals surface area contributed by atoms with E-state index in [0.717, 1.165) is 57.6 Å². The summed E-state index contributed by atoms with van der Waals surface area (Å²) in [5.74, 6) is -0.566. The molecular weight excluding hydrogens is 422 g/mol. The largest absolute Gasteiger partial charge is 0.478 e. The monoisotopic (exact) mass is 445 g/mol. The molecule has 5 nitrogen and oxygen atoms in total. The van der Waals surface area contributed by atoms with E-state index in [2.05, 4.69) is 40.5 Å². The van der Waals surface area contributed by atoms with E-state index in [1.165, 1.54) is 12.0 Å². The van der Waals surface area contributed by atoms with Crippen LogP contribution in [0.15, 0.2) is 79.0 Å². The molecule has 166 valence electrons. The number of aromatic nitrogens is 2. The number of aromatic amines is 1. The van der Waals surface area contributed by atoms with Crippen molar-refractivity contribution >= 4 is 34.1 Å². The van der Waals surface area contributed by atoms with Crippen LogP contribution < -0.4 is 0 Å². The summed E-state index contributed by atoms with van der Waals surface area (Å²) in [6, 6.07) is 24.7. The van der Waals surface area contributed by atoms with Crippen molar-refractivity contribution in [2.24, 2.45) is 5.92 Å². The second-order valence-corrected chi connectivity index (χ2v) is 8.51. The maximum absolute atomic E-state index is 10.9. The zero-order chi connectivity index (χ0) is 23.5. The van der Waals surface area contributed by atoms with Gasteiger partial charge in [-0.3, -0.25) is 5.10 Å². The average Bonchev–Trinajstić information content (AvgIpc) is 3.31. The molecule has 1 heterocycles. The molecule has 1 saturated carbocycles. The van der Waals surface area contributed by atoms with Gasteiger partial charge in [-0.25, -0.2) is 4.79 Å². The number of hydrogen-bond donors (Lipinski definition) is 2. The van der Waals surface area contributed by atoms with Crippen LogP contribution in [-0.4, -0.2) is 21.3 Å². The van der Waals surface area contributed by atoms with E-state index in [1.54, 1.807) is 12.3 Å². The molecule has 1 aliphatic rings. The van der Waals surface area contributed by atoms with Crippen LogP contribution >= 0.6 is 0 Å². The van der Waals surface area contributed by atoms with E-state index in [-0.39, 0.29) is 0 Å². The highest BCUT2D eigenvalue weighted by atomic mass is 16.4. The van der Waals surface area contributed by atoms with Crippen molar-refractivity contribution in [3.05, 3.63) is 107 Å². The van der Waals surface area contributed by atoms with Gasteiger partial charge in [-0.2, -0.15) is 10.4 Å². The summed E-state index contributed by atoms with van der Waals surface area (Å²) in [6.45, 7) is 0. The van der Waals surface area contributed by atoms with Crippen LogP contribution in [-0.2, 0) is 4.79 Å². The van der Waals surface area contributed by atoms with Crippen LogP contribution in [0, 0.1) is 17.2 Å². The van der Waals surface area contributed by atoms with Gasteiger partial charge in [-0.05, 0) is 58.7 Å². The van der Waals surface area contributed by atoms with Gasteiger partial charge in [0, 0.05) is 17.0 Å². The second kappa shape index (κ2) is 9.21. The van der Waals surface area contributed by atoms with Crippen molar-refractivity contribution < 1.29 is 9.90 Å². The number of H-pyrrole nitrogens is 1. The fourth-order valence-corrected chi connectivity index (χ4v) is 4.63. The first-order valence-electron chi connectivity index (χ1n) is 11.3. The third-order valence-corrected chi connectivity index (χ3v) is 6.49. The third kappa shape index (κ3) is 4.02. The molecule has 1 fully saturated rings. The third-order valence-electron chi connectivity index (χ3n) is 6.49. The summed E-state index contributed by atoms with van der Waals surface area (Å²) >= 11 is 0. The van der Waals surface area contributed by atoms with Crippen molar-refractivity contribution in [2.45, 2.75) is 19.3 Å². The summed E-state index contributed by atoms with van der Waals surface area (Å²) in [7, 11) is 0. The van der Waals surface area contributed by atoms with Crippen molar-refractivity contribution in [1.29, 1.82) is 5.26 Å². The van der Waals surface area contributed by atoms with Crippen LogP contribution in [0.1, 0.15) is 47.1 Å². The molecule has 0 amide bonds. The predicted octanol–water partition coefficient (Wildman–Crippen LogP) is 6.29. The molecule has 1 aromatic heterocycles. The lowest BCUT2D eigenvalue weighted by Gasteiger charge is -2.32. The van der Waals surface area contributed by atoms with Crippen molar-refractivity contribution in [3.8, 4) is 6.07 Å². The summed E-state index contributed by atoms with van der Waals surface area (Å²) in [5, 5.41) is 27.0. The Hall–Kier alpha value is -4.43. The van der Waals surface area contributed by atoms with Crippen LogP contribution in [0.25, 0.3) is 28.1 Å². The lowest BCUT2D eigenvalue weighted by molar-refractivity contribution is -0.131. The molecule has 0 radical (unpaired) electrons. The minimum absolute atomic E-state index is 0.413. The van der Waals surface area contributed by atoms with Gasteiger partial charge in [0.1, 0.15) is 6.07 Å². The van der Waals surface area contributed by atoms with Crippen LogP contribution in [0.2, 0.25) is 0 Å². The molecule has 4 aromatic rings. The Balaban J connectivity index is 1.78. The number of carboxylic acids is 1. The Labute approximate surface area is 197 Å². The normalized spacial score (nSPS) is 14.6. The number of rotatable bonds is 6. The number of fused-ring (bicyclic) bond motifs is 1. The molecule has 0 atom stereocenters. The first kappa shape index (κ1) is 21.4. The maximum Gasteiger partial charge on any atom is 0.328 e. The predicted molar refractivity (Wildman–Crippen MR) is 134 cm³/mol. The topological polar surface area (TPSA) is 89.8 Å². The summed E-state index contributed by atoms with van der Waals surface area (Å²) in [6.07, 6.45) is 7.85. The fraction of sp³-hybridized carbons (Fsp3) is 0.138. The Morgan fingerprint density at radius 3 is 2.44 bits per heavy atom. The SMILES string of the molecule is N#Cc1c(/C(=C(/c2ccccc2)C2CCC2)c2ccc(/C=C/C(=O)O)cc2)ccc2[nH]ncc12. The summed E-state index contributed by atoms with van der Waals surface area (Å²) in [5.41, 5.74) is 7.58. The van der Waals surface area contributed by atoms with E-state index in [4.69, 9.17) is 5.11 Å². The average molecular weight is 446 g/mol. The molecule has 0 bridgehead atoms. The number of aliphatic carboxylic acids is 1. The molecule has 2 N–H and O–H groups in total. The molecule has 1 aliphatic carbocycles. The van der Waals surface area contributed by atoms with Gasteiger partial charge >= 0.3 is 5.97 Å². The lowest BCUT2D eigenvalue weighted by Crippen LogP contribution is -2.15. The van der Waals surface area contributed by atoms with E-state index in [1.807, 2.05) is 42.5 Å². The zero-order valence-corrected chi connectivity index (χ0v) is 18.5. The van der Waals surface area contributed by atoms with Crippen LogP contribution in [0.3, 0.4) is 0 Å². The van der Waals surface area contributed by atoms with Gasteiger partial charge in [0.25, 0.3) is 0 Å². The fourth-order valence-electron chi connectivity index (χ4n) is 4.63. The van der Waals surface area contributed by atoms with E-state index < -0.39 is 5.97 Å². The second-order valence-electron chi connectivity index (χ2n) is 8.51. The van der Waals surface area contributed by atoms with E-state index >= 15 is 0 Å². The Bertz CT molecular complexity index is 1450. The molecule has 34 heavy (non-hydrogen) atoms. The summed E-state index contributed by atoms with van der Waals surface area (Å²) < 4.78 is 0. The van der Waals surface area contributed by atoms with Crippen molar-refractivity contribution in [3.63, 3.8) is 0 Å². The highest BCUT2D eigenvalue weighted by molar-refractivity contribution is 6.03. The number of carbonyl (C=O) groups is 1.